The molecule has 92 valence electrons. The Morgan fingerprint density at radius 2 is 2.28 bits per heavy atom. The first-order chi connectivity index (χ1) is 8.69. The number of carbonyl (C=O) groups excluding carboxylic acids is 1. The van der Waals surface area contributed by atoms with Gasteiger partial charge in [-0.1, -0.05) is 6.07 Å². The highest BCUT2D eigenvalue weighted by Gasteiger charge is 2.24. The second kappa shape index (κ2) is 4.10. The molecule has 4 nitrogen and oxygen atoms in total. The van der Waals surface area contributed by atoms with Crippen LogP contribution in [0, 0.1) is 0 Å². The summed E-state index contributed by atoms with van der Waals surface area (Å²) in [5.41, 5.74) is 4.11. The minimum absolute atomic E-state index is 0.149. The maximum atomic E-state index is 11.6. The Hall–Kier alpha value is -1.88. The SMILES string of the molecule is CNc1nc(-c2ccc3c(c2)CC(=O)N3C)cs1. The minimum atomic E-state index is 0.149. The number of hydrogen-bond acceptors (Lipinski definition) is 4. The molecule has 1 aromatic carbocycles. The van der Waals surface area contributed by atoms with Crippen LogP contribution in [0.1, 0.15) is 5.56 Å². The average Bonchev–Trinajstić information content (AvgIpc) is 2.95. The quantitative estimate of drug-likeness (QED) is 0.900. The number of nitrogens with zero attached hydrogens (tertiary/aromatic N) is 2. The van der Waals surface area contributed by atoms with Gasteiger partial charge >= 0.3 is 0 Å². The van der Waals surface area contributed by atoms with Gasteiger partial charge in [0.15, 0.2) is 5.13 Å². The van der Waals surface area contributed by atoms with Gasteiger partial charge < -0.3 is 10.2 Å². The summed E-state index contributed by atoms with van der Waals surface area (Å²) in [5, 5.41) is 5.95. The zero-order chi connectivity index (χ0) is 12.7. The van der Waals surface area contributed by atoms with Crippen molar-refractivity contribution in [2.45, 2.75) is 6.42 Å². The number of fused-ring (bicyclic) bond motifs is 1. The first kappa shape index (κ1) is 11.2. The molecule has 0 saturated heterocycles. The Morgan fingerprint density at radius 3 is 3.00 bits per heavy atom. The fourth-order valence-electron chi connectivity index (χ4n) is 2.15. The maximum Gasteiger partial charge on any atom is 0.231 e. The molecule has 0 atom stereocenters. The van der Waals surface area contributed by atoms with Crippen molar-refractivity contribution in [2.24, 2.45) is 0 Å². The van der Waals surface area contributed by atoms with E-state index in [1.807, 2.05) is 31.6 Å². The van der Waals surface area contributed by atoms with E-state index >= 15 is 0 Å². The average molecular weight is 259 g/mol. The maximum absolute atomic E-state index is 11.6. The molecule has 0 unspecified atom stereocenters. The van der Waals surface area contributed by atoms with Crippen LogP contribution in [0.4, 0.5) is 10.8 Å². The van der Waals surface area contributed by atoms with Crippen molar-refractivity contribution in [1.29, 1.82) is 0 Å². The predicted octanol–water partition coefficient (Wildman–Crippen LogP) is 2.37. The normalized spacial score (nSPS) is 13.9. The molecular formula is C13H13N3OS. The van der Waals surface area contributed by atoms with Crippen LogP contribution in [0.15, 0.2) is 23.6 Å². The smallest absolute Gasteiger partial charge is 0.231 e. The lowest BCUT2D eigenvalue weighted by Crippen LogP contribution is -2.20. The number of likely N-dealkylation sites (N-methyl/N-ethyl adjacent to an activating group) is 1. The van der Waals surface area contributed by atoms with Crippen molar-refractivity contribution in [3.8, 4) is 11.3 Å². The lowest BCUT2D eigenvalue weighted by atomic mass is 10.1. The zero-order valence-electron chi connectivity index (χ0n) is 10.2. The van der Waals surface area contributed by atoms with Gasteiger partial charge in [-0.2, -0.15) is 0 Å². The van der Waals surface area contributed by atoms with E-state index in [2.05, 4.69) is 16.4 Å². The van der Waals surface area contributed by atoms with Gasteiger partial charge in [0, 0.05) is 30.7 Å². The standard InChI is InChI=1S/C13H13N3OS/c1-14-13-15-10(7-18-13)8-3-4-11-9(5-8)6-12(17)16(11)2/h3-5,7H,6H2,1-2H3,(H,14,15). The molecule has 2 aromatic rings. The first-order valence-corrected chi connectivity index (χ1v) is 6.60. The van der Waals surface area contributed by atoms with Gasteiger partial charge in [-0.15, -0.1) is 11.3 Å². The monoisotopic (exact) mass is 259 g/mol. The Bertz CT molecular complexity index is 620. The Labute approximate surface area is 109 Å². The number of rotatable bonds is 2. The highest BCUT2D eigenvalue weighted by atomic mass is 32.1. The summed E-state index contributed by atoms with van der Waals surface area (Å²) in [5.74, 6) is 0.149. The van der Waals surface area contributed by atoms with Gasteiger partial charge in [0.05, 0.1) is 12.1 Å². The number of anilines is 2. The molecule has 0 aliphatic carbocycles. The van der Waals surface area contributed by atoms with E-state index in [1.54, 1.807) is 16.2 Å². The van der Waals surface area contributed by atoms with Gasteiger partial charge in [0.2, 0.25) is 5.91 Å². The summed E-state index contributed by atoms with van der Waals surface area (Å²) in [6, 6.07) is 6.07. The molecule has 1 aromatic heterocycles. The van der Waals surface area contributed by atoms with E-state index in [0.29, 0.717) is 6.42 Å². The van der Waals surface area contributed by atoms with Crippen LogP contribution in [0.25, 0.3) is 11.3 Å². The molecule has 0 bridgehead atoms. The third kappa shape index (κ3) is 1.67. The summed E-state index contributed by atoms with van der Waals surface area (Å²) in [6.45, 7) is 0. The number of benzene rings is 1. The van der Waals surface area contributed by atoms with Crippen molar-refractivity contribution < 1.29 is 4.79 Å². The third-order valence-corrected chi connectivity index (χ3v) is 4.03. The minimum Gasteiger partial charge on any atom is -0.365 e. The lowest BCUT2D eigenvalue weighted by Gasteiger charge is -2.09. The Kier molecular flexibility index (Phi) is 2.56. The van der Waals surface area contributed by atoms with E-state index in [4.69, 9.17) is 0 Å². The van der Waals surface area contributed by atoms with E-state index in [9.17, 15) is 4.79 Å². The Balaban J connectivity index is 2.01. The molecular weight excluding hydrogens is 246 g/mol. The number of aromatic nitrogens is 1. The fourth-order valence-corrected chi connectivity index (χ4v) is 2.83. The lowest BCUT2D eigenvalue weighted by molar-refractivity contribution is -0.117. The van der Waals surface area contributed by atoms with Crippen LogP contribution < -0.4 is 10.2 Å². The van der Waals surface area contributed by atoms with Crippen LogP contribution in [0.2, 0.25) is 0 Å². The second-order valence-corrected chi connectivity index (χ2v) is 5.12. The van der Waals surface area contributed by atoms with Gasteiger partial charge in [-0.3, -0.25) is 4.79 Å². The fraction of sp³-hybridized carbons (Fsp3) is 0.231. The molecule has 2 heterocycles. The van der Waals surface area contributed by atoms with Crippen molar-refractivity contribution >= 4 is 28.1 Å². The van der Waals surface area contributed by atoms with Crippen LogP contribution in [-0.2, 0) is 11.2 Å². The van der Waals surface area contributed by atoms with Crippen molar-refractivity contribution in [1.82, 2.24) is 4.98 Å². The number of hydrogen-bond donors (Lipinski definition) is 1. The van der Waals surface area contributed by atoms with Crippen LogP contribution in [-0.4, -0.2) is 25.0 Å². The molecule has 1 aliphatic heterocycles. The van der Waals surface area contributed by atoms with Crippen LogP contribution in [0.5, 0.6) is 0 Å². The van der Waals surface area contributed by atoms with Crippen molar-refractivity contribution in [3.63, 3.8) is 0 Å². The number of amides is 1. The van der Waals surface area contributed by atoms with Gasteiger partial charge in [0.1, 0.15) is 0 Å². The predicted molar refractivity (Wildman–Crippen MR) is 74.2 cm³/mol. The molecule has 0 radical (unpaired) electrons. The molecule has 1 amide bonds. The zero-order valence-corrected chi connectivity index (χ0v) is 11.0. The molecule has 3 rings (SSSR count). The molecule has 5 heteroatoms. The Morgan fingerprint density at radius 1 is 1.44 bits per heavy atom. The number of thiazole rings is 1. The molecule has 0 saturated carbocycles. The molecule has 1 aliphatic rings. The van der Waals surface area contributed by atoms with Crippen molar-refractivity contribution in [3.05, 3.63) is 29.1 Å². The first-order valence-electron chi connectivity index (χ1n) is 5.72. The highest BCUT2D eigenvalue weighted by Crippen LogP contribution is 2.32. The summed E-state index contributed by atoms with van der Waals surface area (Å²) >= 11 is 1.58. The third-order valence-electron chi connectivity index (χ3n) is 3.17. The largest absolute Gasteiger partial charge is 0.365 e. The summed E-state index contributed by atoms with van der Waals surface area (Å²) in [7, 11) is 3.68. The van der Waals surface area contributed by atoms with E-state index < -0.39 is 0 Å². The van der Waals surface area contributed by atoms with E-state index in [0.717, 1.165) is 27.6 Å². The van der Waals surface area contributed by atoms with Gasteiger partial charge in [-0.25, -0.2) is 4.98 Å². The van der Waals surface area contributed by atoms with Crippen LogP contribution >= 0.6 is 11.3 Å². The number of nitrogens with one attached hydrogen (secondary N) is 1. The van der Waals surface area contributed by atoms with Crippen LogP contribution in [0.3, 0.4) is 0 Å². The highest BCUT2D eigenvalue weighted by molar-refractivity contribution is 7.14. The van der Waals surface area contributed by atoms with Gasteiger partial charge in [-0.05, 0) is 17.7 Å². The number of carbonyl (C=O) groups is 1. The van der Waals surface area contributed by atoms with Crippen molar-refractivity contribution in [2.75, 3.05) is 24.3 Å². The van der Waals surface area contributed by atoms with E-state index in [-0.39, 0.29) is 5.91 Å². The summed E-state index contributed by atoms with van der Waals surface area (Å²) in [6.07, 6.45) is 0.489. The molecule has 18 heavy (non-hydrogen) atoms. The summed E-state index contributed by atoms with van der Waals surface area (Å²) in [4.78, 5) is 17.8. The summed E-state index contributed by atoms with van der Waals surface area (Å²) < 4.78 is 0. The molecule has 0 fully saturated rings. The van der Waals surface area contributed by atoms with E-state index in [1.165, 1.54) is 0 Å². The molecule has 1 N–H and O–H groups in total. The second-order valence-electron chi connectivity index (χ2n) is 4.26. The topological polar surface area (TPSA) is 45.2 Å². The molecule has 0 spiro atoms. The van der Waals surface area contributed by atoms with Gasteiger partial charge in [0.25, 0.3) is 0 Å².